The molecule has 5 heteroatoms. The zero-order valence-corrected chi connectivity index (χ0v) is 9.53. The molecule has 0 saturated carbocycles. The number of hydrogen-bond donors (Lipinski definition) is 1. The second-order valence-electron chi connectivity index (χ2n) is 3.64. The normalized spacial score (nSPS) is 11.1. The summed E-state index contributed by atoms with van der Waals surface area (Å²) >= 11 is 1.59. The molecule has 0 amide bonds. The third kappa shape index (κ3) is 1.29. The topological polar surface area (TPSA) is 56.2 Å². The van der Waals surface area contributed by atoms with Gasteiger partial charge in [0.15, 0.2) is 5.82 Å². The number of benzene rings is 1. The molecule has 4 nitrogen and oxygen atoms in total. The predicted octanol–water partition coefficient (Wildman–Crippen LogP) is 2.35. The number of hydrogen-bond acceptors (Lipinski definition) is 4. The SMILES string of the molecule is Cc1csc2nnc(-c3cccc(N)c3)n12. The third-order valence-corrected chi connectivity index (χ3v) is 3.40. The molecule has 3 rings (SSSR count). The summed E-state index contributed by atoms with van der Waals surface area (Å²) in [4.78, 5) is 0.912. The average molecular weight is 230 g/mol. The highest BCUT2D eigenvalue weighted by atomic mass is 32.1. The van der Waals surface area contributed by atoms with E-state index in [0.29, 0.717) is 0 Å². The van der Waals surface area contributed by atoms with Crippen molar-refractivity contribution in [2.24, 2.45) is 0 Å². The van der Waals surface area contributed by atoms with Crippen LogP contribution in [0.2, 0.25) is 0 Å². The van der Waals surface area contributed by atoms with Crippen LogP contribution < -0.4 is 5.73 Å². The summed E-state index contributed by atoms with van der Waals surface area (Å²) in [5, 5.41) is 10.4. The molecule has 2 aromatic heterocycles. The number of rotatable bonds is 1. The average Bonchev–Trinajstić information content (AvgIpc) is 2.82. The summed E-state index contributed by atoms with van der Waals surface area (Å²) in [6.45, 7) is 2.04. The largest absolute Gasteiger partial charge is 0.399 e. The number of aryl methyl sites for hydroxylation is 1. The van der Waals surface area contributed by atoms with Crippen LogP contribution in [0.3, 0.4) is 0 Å². The molecule has 0 aliphatic rings. The first-order valence-corrected chi connectivity index (χ1v) is 5.79. The van der Waals surface area contributed by atoms with Gasteiger partial charge in [0, 0.05) is 22.3 Å². The van der Waals surface area contributed by atoms with Crippen molar-refractivity contribution in [2.45, 2.75) is 6.92 Å². The molecule has 1 aromatic carbocycles. The summed E-state index contributed by atoms with van der Waals surface area (Å²) in [6, 6.07) is 7.69. The van der Waals surface area contributed by atoms with E-state index >= 15 is 0 Å². The number of nitrogen functional groups attached to an aromatic ring is 1. The van der Waals surface area contributed by atoms with Gasteiger partial charge in [0.2, 0.25) is 4.96 Å². The lowest BCUT2D eigenvalue weighted by atomic mass is 10.2. The molecule has 2 heterocycles. The van der Waals surface area contributed by atoms with Crippen LogP contribution in [0.25, 0.3) is 16.3 Å². The minimum Gasteiger partial charge on any atom is -0.399 e. The molecule has 2 N–H and O–H groups in total. The van der Waals surface area contributed by atoms with E-state index in [1.165, 1.54) is 0 Å². The van der Waals surface area contributed by atoms with Gasteiger partial charge in [0.25, 0.3) is 0 Å². The van der Waals surface area contributed by atoms with Crippen LogP contribution in [0.15, 0.2) is 29.6 Å². The van der Waals surface area contributed by atoms with Crippen molar-refractivity contribution in [1.82, 2.24) is 14.6 Å². The minimum atomic E-state index is 0.738. The lowest BCUT2D eigenvalue weighted by Gasteiger charge is -2.00. The Morgan fingerprint density at radius 2 is 2.19 bits per heavy atom. The molecule has 16 heavy (non-hydrogen) atoms. The van der Waals surface area contributed by atoms with Gasteiger partial charge in [-0.05, 0) is 19.1 Å². The first-order valence-electron chi connectivity index (χ1n) is 4.91. The summed E-state index contributed by atoms with van der Waals surface area (Å²) in [6.07, 6.45) is 0. The van der Waals surface area contributed by atoms with Gasteiger partial charge in [0.1, 0.15) is 0 Å². The van der Waals surface area contributed by atoms with E-state index in [1.807, 2.05) is 35.6 Å². The fourth-order valence-electron chi connectivity index (χ4n) is 1.72. The standard InChI is InChI=1S/C11H10N4S/c1-7-6-16-11-14-13-10(15(7)11)8-3-2-4-9(12)5-8/h2-6H,12H2,1H3. The molecule has 0 aliphatic carbocycles. The van der Waals surface area contributed by atoms with E-state index < -0.39 is 0 Å². The molecule has 80 valence electrons. The zero-order valence-electron chi connectivity index (χ0n) is 8.71. The maximum Gasteiger partial charge on any atom is 0.216 e. The van der Waals surface area contributed by atoms with Crippen LogP contribution in [0.4, 0.5) is 5.69 Å². The Morgan fingerprint density at radius 3 is 3.00 bits per heavy atom. The molecule has 3 aromatic rings. The van der Waals surface area contributed by atoms with Gasteiger partial charge in [-0.3, -0.25) is 4.40 Å². The highest BCUT2D eigenvalue weighted by Crippen LogP contribution is 2.24. The van der Waals surface area contributed by atoms with E-state index in [0.717, 1.165) is 27.7 Å². The van der Waals surface area contributed by atoms with Crippen LogP contribution in [0.1, 0.15) is 5.69 Å². The van der Waals surface area contributed by atoms with Crippen molar-refractivity contribution in [3.63, 3.8) is 0 Å². The van der Waals surface area contributed by atoms with Gasteiger partial charge in [0.05, 0.1) is 0 Å². The van der Waals surface area contributed by atoms with Gasteiger partial charge >= 0.3 is 0 Å². The first kappa shape index (κ1) is 9.35. The van der Waals surface area contributed by atoms with Crippen LogP contribution in [-0.4, -0.2) is 14.6 Å². The molecule has 0 saturated heterocycles. The number of nitrogens with zero attached hydrogens (tertiary/aromatic N) is 3. The molecule has 0 unspecified atom stereocenters. The molecule has 0 spiro atoms. The van der Waals surface area contributed by atoms with E-state index in [-0.39, 0.29) is 0 Å². The molecular formula is C11H10N4S. The number of fused-ring (bicyclic) bond motifs is 1. The van der Waals surface area contributed by atoms with Crippen molar-refractivity contribution < 1.29 is 0 Å². The number of aromatic nitrogens is 3. The van der Waals surface area contributed by atoms with Gasteiger partial charge in [-0.25, -0.2) is 0 Å². The van der Waals surface area contributed by atoms with Gasteiger partial charge in [-0.2, -0.15) is 0 Å². The van der Waals surface area contributed by atoms with Gasteiger partial charge in [-0.15, -0.1) is 21.5 Å². The molecule has 0 aliphatic heterocycles. The predicted molar refractivity (Wildman–Crippen MR) is 65.4 cm³/mol. The van der Waals surface area contributed by atoms with Crippen LogP contribution in [0.5, 0.6) is 0 Å². The summed E-state index contributed by atoms with van der Waals surface area (Å²) in [7, 11) is 0. The third-order valence-electron chi connectivity index (χ3n) is 2.47. The lowest BCUT2D eigenvalue weighted by Crippen LogP contribution is -1.91. The lowest BCUT2D eigenvalue weighted by molar-refractivity contribution is 1.09. The van der Waals surface area contributed by atoms with E-state index in [9.17, 15) is 0 Å². The monoisotopic (exact) mass is 230 g/mol. The molecule has 0 fully saturated rings. The van der Waals surface area contributed by atoms with E-state index in [2.05, 4.69) is 15.6 Å². The Morgan fingerprint density at radius 1 is 1.31 bits per heavy atom. The Hall–Kier alpha value is -1.88. The van der Waals surface area contributed by atoms with Crippen LogP contribution >= 0.6 is 11.3 Å². The summed E-state index contributed by atoms with van der Waals surface area (Å²) in [5.41, 5.74) is 8.64. The fraction of sp³-hybridized carbons (Fsp3) is 0.0909. The highest BCUT2D eigenvalue weighted by Gasteiger charge is 2.11. The molecular weight excluding hydrogens is 220 g/mol. The van der Waals surface area contributed by atoms with E-state index in [4.69, 9.17) is 5.73 Å². The van der Waals surface area contributed by atoms with Crippen molar-refractivity contribution in [2.75, 3.05) is 5.73 Å². The second kappa shape index (κ2) is 3.31. The zero-order chi connectivity index (χ0) is 11.1. The van der Waals surface area contributed by atoms with Crippen molar-refractivity contribution in [3.8, 4) is 11.4 Å². The van der Waals surface area contributed by atoms with Crippen molar-refractivity contribution in [1.29, 1.82) is 0 Å². The number of nitrogens with two attached hydrogens (primary N) is 1. The maximum atomic E-state index is 5.77. The molecule has 0 bridgehead atoms. The fourth-order valence-corrected chi connectivity index (χ4v) is 2.52. The van der Waals surface area contributed by atoms with Crippen molar-refractivity contribution >= 4 is 22.0 Å². The first-order chi connectivity index (χ1) is 7.75. The Labute approximate surface area is 96.4 Å². The Balaban J connectivity index is 2.29. The molecule has 0 radical (unpaired) electrons. The number of thiazole rings is 1. The quantitative estimate of drug-likeness (QED) is 0.653. The van der Waals surface area contributed by atoms with Gasteiger partial charge < -0.3 is 5.73 Å². The van der Waals surface area contributed by atoms with Gasteiger partial charge in [-0.1, -0.05) is 12.1 Å². The summed E-state index contributed by atoms with van der Waals surface area (Å²) < 4.78 is 2.04. The van der Waals surface area contributed by atoms with E-state index in [1.54, 1.807) is 11.3 Å². The highest BCUT2D eigenvalue weighted by molar-refractivity contribution is 7.15. The van der Waals surface area contributed by atoms with Crippen molar-refractivity contribution in [3.05, 3.63) is 35.3 Å². The molecule has 0 atom stereocenters. The van der Waals surface area contributed by atoms with Crippen LogP contribution in [0, 0.1) is 6.92 Å². The maximum absolute atomic E-state index is 5.77. The Kier molecular flexibility index (Phi) is 1.94. The summed E-state index contributed by atoms with van der Waals surface area (Å²) in [5.74, 6) is 0.848. The smallest absolute Gasteiger partial charge is 0.216 e. The van der Waals surface area contributed by atoms with Crippen LogP contribution in [-0.2, 0) is 0 Å². The number of anilines is 1. The second-order valence-corrected chi connectivity index (χ2v) is 4.48. The Bertz CT molecular complexity index is 653. The minimum absolute atomic E-state index is 0.738.